The minimum Gasteiger partial charge on any atom is -0.397 e. The Morgan fingerprint density at radius 2 is 2.26 bits per heavy atom. The van der Waals surface area contributed by atoms with E-state index in [0.717, 1.165) is 17.2 Å². The van der Waals surface area contributed by atoms with Crippen molar-refractivity contribution in [2.75, 3.05) is 31.2 Å². The molecule has 19 heavy (non-hydrogen) atoms. The van der Waals surface area contributed by atoms with Gasteiger partial charge in [-0.15, -0.1) is 11.3 Å². The van der Waals surface area contributed by atoms with Gasteiger partial charge < -0.3 is 16.0 Å². The van der Waals surface area contributed by atoms with E-state index in [4.69, 9.17) is 11.0 Å². The van der Waals surface area contributed by atoms with Gasteiger partial charge in [0.2, 0.25) is 0 Å². The summed E-state index contributed by atoms with van der Waals surface area (Å²) in [5, 5.41) is 13.8. The number of nitrogen functional groups attached to an aromatic ring is 1. The van der Waals surface area contributed by atoms with Crippen molar-refractivity contribution in [2.45, 2.75) is 37.6 Å². The number of hydrogen-bond acceptors (Lipinski definition) is 5. The van der Waals surface area contributed by atoms with Crippen LogP contribution in [0.2, 0.25) is 0 Å². The van der Waals surface area contributed by atoms with Crippen LogP contribution in [-0.2, 0) is 0 Å². The molecule has 1 saturated heterocycles. The summed E-state index contributed by atoms with van der Waals surface area (Å²) in [6.45, 7) is 2.15. The van der Waals surface area contributed by atoms with Crippen LogP contribution in [0.5, 0.6) is 0 Å². The largest absolute Gasteiger partial charge is 0.397 e. The Balaban J connectivity index is 1.75. The molecule has 1 aromatic rings. The Hall–Kier alpha value is -1.25. The van der Waals surface area contributed by atoms with Crippen LogP contribution < -0.4 is 11.1 Å². The van der Waals surface area contributed by atoms with Crippen LogP contribution in [0.4, 0.5) is 10.7 Å². The van der Waals surface area contributed by atoms with Crippen LogP contribution in [0, 0.1) is 11.3 Å². The van der Waals surface area contributed by atoms with Crippen molar-refractivity contribution in [1.82, 2.24) is 4.90 Å². The standard InChI is InChI=1S/C14H20N4S/c1-18-6-2-3-10(18)8-17-14-12(9-4-5-9)13(16)11(7-15)19-14/h9-10,17H,2-6,8,16H2,1H3. The molecule has 102 valence electrons. The van der Waals surface area contributed by atoms with E-state index in [1.54, 1.807) is 0 Å². The summed E-state index contributed by atoms with van der Waals surface area (Å²) in [6.07, 6.45) is 4.97. The minimum absolute atomic E-state index is 0.585. The van der Waals surface area contributed by atoms with E-state index in [-0.39, 0.29) is 0 Å². The normalized spacial score (nSPS) is 23.5. The molecular weight excluding hydrogens is 256 g/mol. The Morgan fingerprint density at radius 1 is 1.47 bits per heavy atom. The van der Waals surface area contributed by atoms with Gasteiger partial charge in [-0.05, 0) is 45.2 Å². The molecular formula is C14H20N4S. The fourth-order valence-corrected chi connectivity index (χ4v) is 3.91. The zero-order valence-electron chi connectivity index (χ0n) is 11.3. The molecule has 0 radical (unpaired) electrons. The lowest BCUT2D eigenvalue weighted by molar-refractivity contribution is 0.322. The van der Waals surface area contributed by atoms with E-state index in [1.807, 2.05) is 0 Å². The summed E-state index contributed by atoms with van der Waals surface area (Å²) in [6, 6.07) is 2.83. The molecule has 1 saturated carbocycles. The van der Waals surface area contributed by atoms with Gasteiger partial charge in [-0.3, -0.25) is 0 Å². The molecule has 2 fully saturated rings. The number of rotatable bonds is 4. The van der Waals surface area contributed by atoms with Gasteiger partial charge in [0.1, 0.15) is 10.9 Å². The van der Waals surface area contributed by atoms with Crippen molar-refractivity contribution in [1.29, 1.82) is 5.26 Å². The number of hydrogen-bond donors (Lipinski definition) is 2. The van der Waals surface area contributed by atoms with E-state index in [1.165, 1.54) is 49.1 Å². The number of anilines is 2. The zero-order chi connectivity index (χ0) is 13.4. The molecule has 5 heteroatoms. The second kappa shape index (κ2) is 5.03. The predicted molar refractivity (Wildman–Crippen MR) is 79.6 cm³/mol. The average molecular weight is 276 g/mol. The second-order valence-corrected chi connectivity index (χ2v) is 6.65. The van der Waals surface area contributed by atoms with Crippen LogP contribution in [0.25, 0.3) is 0 Å². The quantitative estimate of drug-likeness (QED) is 0.887. The maximum atomic E-state index is 9.12. The van der Waals surface area contributed by atoms with E-state index >= 15 is 0 Å². The van der Waals surface area contributed by atoms with Crippen molar-refractivity contribution in [3.63, 3.8) is 0 Å². The number of nitrogens with zero attached hydrogens (tertiary/aromatic N) is 2. The highest BCUT2D eigenvalue weighted by atomic mass is 32.1. The van der Waals surface area contributed by atoms with Gasteiger partial charge >= 0.3 is 0 Å². The van der Waals surface area contributed by atoms with Crippen molar-refractivity contribution in [2.24, 2.45) is 0 Å². The SMILES string of the molecule is CN1CCCC1CNc1sc(C#N)c(N)c1C1CC1. The van der Waals surface area contributed by atoms with Gasteiger partial charge in [0.25, 0.3) is 0 Å². The molecule has 1 aliphatic heterocycles. The molecule has 0 amide bonds. The average Bonchev–Trinajstić information content (AvgIpc) is 3.07. The topological polar surface area (TPSA) is 65.1 Å². The van der Waals surface area contributed by atoms with Crippen LogP contribution in [0.3, 0.4) is 0 Å². The van der Waals surface area contributed by atoms with Crippen molar-refractivity contribution in [3.8, 4) is 6.07 Å². The smallest absolute Gasteiger partial charge is 0.130 e. The summed E-state index contributed by atoms with van der Waals surface area (Å²) < 4.78 is 0. The third-order valence-electron chi connectivity index (χ3n) is 4.24. The maximum absolute atomic E-state index is 9.12. The van der Waals surface area contributed by atoms with Gasteiger partial charge in [-0.1, -0.05) is 0 Å². The first-order chi connectivity index (χ1) is 9.20. The van der Waals surface area contributed by atoms with Gasteiger partial charge in [0.15, 0.2) is 0 Å². The lowest BCUT2D eigenvalue weighted by atomic mass is 10.1. The number of likely N-dealkylation sites (tertiary alicyclic amines) is 1. The summed E-state index contributed by atoms with van der Waals surface area (Å²) in [4.78, 5) is 3.08. The number of nitriles is 1. The first-order valence-electron chi connectivity index (χ1n) is 6.97. The number of nitrogens with two attached hydrogens (primary N) is 1. The number of nitrogens with one attached hydrogen (secondary N) is 1. The highest BCUT2D eigenvalue weighted by Gasteiger charge is 2.32. The van der Waals surface area contributed by atoms with Crippen LogP contribution >= 0.6 is 11.3 Å². The molecule has 2 heterocycles. The molecule has 1 atom stereocenters. The molecule has 2 aliphatic rings. The predicted octanol–water partition coefficient (Wildman–Crippen LogP) is 2.59. The van der Waals surface area contributed by atoms with E-state index < -0.39 is 0 Å². The number of thiophene rings is 1. The fourth-order valence-electron chi connectivity index (χ4n) is 2.90. The molecule has 4 nitrogen and oxygen atoms in total. The van der Waals surface area contributed by atoms with Crippen LogP contribution in [0.15, 0.2) is 0 Å². The Labute approximate surface area is 118 Å². The van der Waals surface area contributed by atoms with Crippen LogP contribution in [-0.4, -0.2) is 31.1 Å². The zero-order valence-corrected chi connectivity index (χ0v) is 12.1. The summed E-state index contributed by atoms with van der Waals surface area (Å²) >= 11 is 1.52. The second-order valence-electron chi connectivity index (χ2n) is 5.63. The van der Waals surface area contributed by atoms with Gasteiger partial charge in [0.05, 0.1) is 10.7 Å². The molecule has 0 bridgehead atoms. The van der Waals surface area contributed by atoms with Gasteiger partial charge in [0, 0.05) is 18.2 Å². The molecule has 3 rings (SSSR count). The van der Waals surface area contributed by atoms with Crippen LogP contribution in [0.1, 0.15) is 42.0 Å². The Bertz CT molecular complexity index is 512. The lowest BCUT2D eigenvalue weighted by Gasteiger charge is -2.20. The highest BCUT2D eigenvalue weighted by molar-refractivity contribution is 7.17. The maximum Gasteiger partial charge on any atom is 0.130 e. The van der Waals surface area contributed by atoms with Crippen molar-refractivity contribution in [3.05, 3.63) is 10.4 Å². The highest BCUT2D eigenvalue weighted by Crippen LogP contribution is 2.50. The molecule has 3 N–H and O–H groups in total. The van der Waals surface area contributed by atoms with E-state index in [0.29, 0.717) is 16.8 Å². The molecule has 0 spiro atoms. The first-order valence-corrected chi connectivity index (χ1v) is 7.78. The Kier molecular flexibility index (Phi) is 3.38. The fraction of sp³-hybridized carbons (Fsp3) is 0.643. The molecule has 1 unspecified atom stereocenters. The number of likely N-dealkylation sites (N-methyl/N-ethyl adjacent to an activating group) is 1. The molecule has 1 aliphatic carbocycles. The minimum atomic E-state index is 0.585. The Morgan fingerprint density at radius 3 is 2.84 bits per heavy atom. The lowest BCUT2D eigenvalue weighted by Crippen LogP contribution is -2.31. The van der Waals surface area contributed by atoms with Gasteiger partial charge in [-0.2, -0.15) is 5.26 Å². The van der Waals surface area contributed by atoms with E-state index in [2.05, 4.69) is 23.3 Å². The van der Waals surface area contributed by atoms with Crippen molar-refractivity contribution >= 4 is 22.0 Å². The van der Waals surface area contributed by atoms with Crippen molar-refractivity contribution < 1.29 is 0 Å². The summed E-state index contributed by atoms with van der Waals surface area (Å²) in [5.41, 5.74) is 8.03. The molecule has 0 aromatic carbocycles. The first kappa shape index (κ1) is 12.8. The third-order valence-corrected chi connectivity index (χ3v) is 5.32. The molecule has 1 aromatic heterocycles. The summed E-state index contributed by atoms with van der Waals surface area (Å²) in [7, 11) is 2.19. The van der Waals surface area contributed by atoms with Gasteiger partial charge in [-0.25, -0.2) is 0 Å². The van der Waals surface area contributed by atoms with E-state index in [9.17, 15) is 0 Å². The third kappa shape index (κ3) is 2.43. The monoisotopic (exact) mass is 276 g/mol. The summed E-state index contributed by atoms with van der Waals surface area (Å²) in [5.74, 6) is 0.585.